The fraction of sp³-hybridized carbons (Fsp3) is 0.818. The fourth-order valence-corrected chi connectivity index (χ4v) is 1.93. The van der Waals surface area contributed by atoms with Crippen LogP contribution in [-0.2, 0) is 9.59 Å². The molecule has 1 saturated heterocycles. The van der Waals surface area contributed by atoms with Crippen molar-refractivity contribution >= 4 is 11.8 Å². The highest BCUT2D eigenvalue weighted by molar-refractivity contribution is 5.90. The Labute approximate surface area is 96.4 Å². The van der Waals surface area contributed by atoms with Crippen LogP contribution in [0.3, 0.4) is 0 Å². The third-order valence-electron chi connectivity index (χ3n) is 2.78. The van der Waals surface area contributed by atoms with Crippen molar-refractivity contribution in [3.8, 4) is 0 Å². The van der Waals surface area contributed by atoms with E-state index in [2.05, 4.69) is 5.32 Å². The molecule has 0 bridgehead atoms. The first-order valence-electron chi connectivity index (χ1n) is 5.91. The molecule has 3 N–H and O–H groups in total. The van der Waals surface area contributed by atoms with Crippen LogP contribution in [0.25, 0.3) is 0 Å². The van der Waals surface area contributed by atoms with E-state index in [1.165, 1.54) is 0 Å². The second-order valence-corrected chi connectivity index (χ2v) is 4.27. The summed E-state index contributed by atoms with van der Waals surface area (Å²) in [7, 11) is 0. The van der Waals surface area contributed by atoms with Crippen molar-refractivity contribution in [1.29, 1.82) is 0 Å². The van der Waals surface area contributed by atoms with Crippen LogP contribution >= 0.6 is 0 Å². The number of nitrogens with one attached hydrogen (secondary N) is 1. The van der Waals surface area contributed by atoms with Gasteiger partial charge in [0.1, 0.15) is 6.04 Å². The lowest BCUT2D eigenvalue weighted by Gasteiger charge is -2.25. The quantitative estimate of drug-likeness (QED) is 0.701. The predicted octanol–water partition coefficient (Wildman–Crippen LogP) is -0.149. The molecule has 0 saturated carbocycles. The van der Waals surface area contributed by atoms with Crippen molar-refractivity contribution in [3.05, 3.63) is 0 Å². The Kier molecular flexibility index (Phi) is 4.73. The Morgan fingerprint density at radius 2 is 2.25 bits per heavy atom. The molecular weight excluding hydrogens is 206 g/mol. The molecule has 2 amide bonds. The van der Waals surface area contributed by atoms with Crippen molar-refractivity contribution in [3.63, 3.8) is 0 Å². The van der Waals surface area contributed by atoms with E-state index in [1.54, 1.807) is 11.8 Å². The zero-order valence-electron chi connectivity index (χ0n) is 10.0. The van der Waals surface area contributed by atoms with Gasteiger partial charge in [0.2, 0.25) is 11.8 Å². The first kappa shape index (κ1) is 13.0. The molecule has 0 aromatic rings. The predicted molar refractivity (Wildman–Crippen MR) is 61.7 cm³/mol. The maximum Gasteiger partial charge on any atom is 0.242 e. The molecule has 1 rings (SSSR count). The number of hydrogen-bond acceptors (Lipinski definition) is 3. The van der Waals surface area contributed by atoms with Gasteiger partial charge in [0, 0.05) is 13.1 Å². The largest absolute Gasteiger partial charge is 0.354 e. The molecule has 0 spiro atoms. The van der Waals surface area contributed by atoms with Crippen molar-refractivity contribution in [1.82, 2.24) is 10.2 Å². The smallest absolute Gasteiger partial charge is 0.242 e. The number of nitrogens with zero attached hydrogens (tertiary/aromatic N) is 1. The van der Waals surface area contributed by atoms with E-state index in [9.17, 15) is 9.59 Å². The molecule has 1 aliphatic rings. The molecule has 1 aliphatic heterocycles. The van der Waals surface area contributed by atoms with Gasteiger partial charge in [-0.15, -0.1) is 0 Å². The van der Waals surface area contributed by atoms with E-state index in [0.717, 1.165) is 19.3 Å². The standard InChI is InChI=1S/C11H21N3O2/c1-3-6-13-10(15)9-5-4-7-14(9)11(16)8(2)12/h8-9H,3-7,12H2,1-2H3,(H,13,15)/t8-,9-/m0/s1. The second kappa shape index (κ2) is 5.84. The number of rotatable bonds is 4. The Balaban J connectivity index is 2.58. The van der Waals surface area contributed by atoms with Crippen molar-refractivity contribution < 1.29 is 9.59 Å². The summed E-state index contributed by atoms with van der Waals surface area (Å²) in [4.78, 5) is 25.2. The highest BCUT2D eigenvalue weighted by atomic mass is 16.2. The average Bonchev–Trinajstić information content (AvgIpc) is 2.73. The minimum atomic E-state index is -0.528. The van der Waals surface area contributed by atoms with Crippen molar-refractivity contribution in [2.45, 2.75) is 45.2 Å². The lowest BCUT2D eigenvalue weighted by atomic mass is 10.2. The summed E-state index contributed by atoms with van der Waals surface area (Å²) < 4.78 is 0. The van der Waals surface area contributed by atoms with E-state index in [-0.39, 0.29) is 17.9 Å². The Morgan fingerprint density at radius 3 is 2.81 bits per heavy atom. The molecule has 0 aliphatic carbocycles. The molecule has 5 nitrogen and oxygen atoms in total. The maximum absolute atomic E-state index is 11.8. The van der Waals surface area contributed by atoms with Crippen molar-refractivity contribution in [2.24, 2.45) is 5.73 Å². The van der Waals surface area contributed by atoms with Gasteiger partial charge in [-0.3, -0.25) is 9.59 Å². The average molecular weight is 227 g/mol. The lowest BCUT2D eigenvalue weighted by Crippen LogP contribution is -2.50. The van der Waals surface area contributed by atoms with E-state index in [4.69, 9.17) is 5.73 Å². The summed E-state index contributed by atoms with van der Waals surface area (Å²) in [5.74, 6) is -0.178. The minimum absolute atomic E-state index is 0.0478. The highest BCUT2D eigenvalue weighted by Crippen LogP contribution is 2.18. The number of likely N-dealkylation sites (tertiary alicyclic amines) is 1. The van der Waals surface area contributed by atoms with Crippen LogP contribution in [0.1, 0.15) is 33.1 Å². The Bertz CT molecular complexity index is 266. The fourth-order valence-electron chi connectivity index (χ4n) is 1.93. The zero-order valence-corrected chi connectivity index (χ0v) is 10.0. The molecule has 0 aromatic carbocycles. The van der Waals surface area contributed by atoms with Crippen LogP contribution in [0.4, 0.5) is 0 Å². The second-order valence-electron chi connectivity index (χ2n) is 4.27. The molecule has 0 radical (unpaired) electrons. The Hall–Kier alpha value is -1.10. The van der Waals surface area contributed by atoms with Gasteiger partial charge in [-0.25, -0.2) is 0 Å². The summed E-state index contributed by atoms with van der Waals surface area (Å²) in [5, 5.41) is 2.82. The molecule has 2 atom stereocenters. The normalized spacial score (nSPS) is 21.9. The van der Waals surface area contributed by atoms with Crippen molar-refractivity contribution in [2.75, 3.05) is 13.1 Å². The van der Waals surface area contributed by atoms with Crippen LogP contribution in [-0.4, -0.2) is 41.9 Å². The number of carbonyl (C=O) groups excluding carboxylic acids is 2. The summed E-state index contributed by atoms with van der Waals surface area (Å²) in [6.07, 6.45) is 2.52. The molecule has 1 fully saturated rings. The van der Waals surface area contributed by atoms with Gasteiger partial charge in [0.25, 0.3) is 0 Å². The van der Waals surface area contributed by atoms with Crippen LogP contribution in [0.2, 0.25) is 0 Å². The Morgan fingerprint density at radius 1 is 1.56 bits per heavy atom. The molecular formula is C11H21N3O2. The summed E-state index contributed by atoms with van der Waals surface area (Å²) >= 11 is 0. The SMILES string of the molecule is CCCNC(=O)[C@@H]1CCCN1C(=O)[C@H](C)N. The van der Waals surface area contributed by atoms with Crippen LogP contribution in [0, 0.1) is 0 Å². The highest BCUT2D eigenvalue weighted by Gasteiger charge is 2.34. The van der Waals surface area contributed by atoms with Gasteiger partial charge < -0.3 is 16.0 Å². The van der Waals surface area contributed by atoms with Gasteiger partial charge >= 0.3 is 0 Å². The van der Waals surface area contributed by atoms with Crippen LogP contribution in [0.15, 0.2) is 0 Å². The maximum atomic E-state index is 11.8. The van der Waals surface area contributed by atoms with Gasteiger partial charge in [0.15, 0.2) is 0 Å². The van der Waals surface area contributed by atoms with Crippen LogP contribution < -0.4 is 11.1 Å². The number of hydrogen-bond donors (Lipinski definition) is 2. The van der Waals surface area contributed by atoms with Gasteiger partial charge in [0.05, 0.1) is 6.04 Å². The molecule has 1 heterocycles. The summed E-state index contributed by atoms with van der Waals surface area (Å²) in [6, 6.07) is -0.843. The summed E-state index contributed by atoms with van der Waals surface area (Å²) in [6.45, 7) is 4.96. The topological polar surface area (TPSA) is 75.4 Å². The van der Waals surface area contributed by atoms with E-state index < -0.39 is 6.04 Å². The minimum Gasteiger partial charge on any atom is -0.354 e. The molecule has 5 heteroatoms. The lowest BCUT2D eigenvalue weighted by molar-refractivity contribution is -0.139. The first-order valence-corrected chi connectivity index (χ1v) is 5.91. The number of nitrogens with two attached hydrogens (primary N) is 1. The van der Waals surface area contributed by atoms with Crippen LogP contribution in [0.5, 0.6) is 0 Å². The third kappa shape index (κ3) is 2.95. The van der Waals surface area contributed by atoms with E-state index in [0.29, 0.717) is 13.1 Å². The number of carbonyl (C=O) groups is 2. The molecule has 0 unspecified atom stereocenters. The van der Waals surface area contributed by atoms with E-state index in [1.807, 2.05) is 6.92 Å². The molecule has 16 heavy (non-hydrogen) atoms. The van der Waals surface area contributed by atoms with Gasteiger partial charge in [-0.2, -0.15) is 0 Å². The first-order chi connectivity index (χ1) is 7.57. The monoisotopic (exact) mass is 227 g/mol. The molecule has 0 aromatic heterocycles. The third-order valence-corrected chi connectivity index (χ3v) is 2.78. The summed E-state index contributed by atoms with van der Waals surface area (Å²) in [5.41, 5.74) is 5.56. The number of amides is 2. The molecule has 92 valence electrons. The zero-order chi connectivity index (χ0) is 12.1. The van der Waals surface area contributed by atoms with Gasteiger partial charge in [-0.1, -0.05) is 6.92 Å². The van der Waals surface area contributed by atoms with E-state index >= 15 is 0 Å². The van der Waals surface area contributed by atoms with Gasteiger partial charge in [-0.05, 0) is 26.2 Å².